The first-order valence-corrected chi connectivity index (χ1v) is 8.58. The van der Waals surface area contributed by atoms with Gasteiger partial charge in [0.1, 0.15) is 0 Å². The molecule has 8 nitrogen and oxygen atoms in total. The predicted molar refractivity (Wildman–Crippen MR) is 96.1 cm³/mol. The molecule has 0 spiro atoms. The molecule has 1 aliphatic rings. The van der Waals surface area contributed by atoms with Gasteiger partial charge in [-0.2, -0.15) is 0 Å². The molecule has 1 heterocycles. The van der Waals surface area contributed by atoms with E-state index in [1.54, 1.807) is 25.2 Å². The second-order valence-electron chi connectivity index (χ2n) is 6.29. The SMILES string of the molecule is CNC(=O)CNC[C@]1(O)CCCN(Cc2cccc(OC)c2OC)C1=O. The number of likely N-dealkylation sites (N-methyl/N-ethyl adjacent to an activating group) is 1. The maximum absolute atomic E-state index is 12.8. The zero-order valence-corrected chi connectivity index (χ0v) is 15.5. The number of ether oxygens (including phenoxy) is 2. The maximum atomic E-state index is 12.8. The third kappa shape index (κ3) is 4.44. The van der Waals surface area contributed by atoms with Crippen molar-refractivity contribution in [3.8, 4) is 11.5 Å². The van der Waals surface area contributed by atoms with Crippen LogP contribution in [0, 0.1) is 0 Å². The molecule has 2 amide bonds. The van der Waals surface area contributed by atoms with Crippen molar-refractivity contribution in [1.82, 2.24) is 15.5 Å². The molecule has 0 aliphatic carbocycles. The quantitative estimate of drug-likeness (QED) is 0.595. The van der Waals surface area contributed by atoms with E-state index < -0.39 is 5.60 Å². The standard InChI is InChI=1S/C18H27N3O5/c1-19-15(22)10-20-12-18(24)8-5-9-21(17(18)23)11-13-6-4-7-14(25-2)16(13)26-3/h4,6-7,20,24H,5,8-12H2,1-3H3,(H,19,22)/t18-/m1/s1. The smallest absolute Gasteiger partial charge is 0.256 e. The molecule has 0 unspecified atom stereocenters. The summed E-state index contributed by atoms with van der Waals surface area (Å²) in [4.78, 5) is 25.7. The van der Waals surface area contributed by atoms with E-state index in [1.807, 2.05) is 12.1 Å². The molecule has 0 radical (unpaired) electrons. The Bertz CT molecular complexity index is 652. The molecular formula is C18H27N3O5. The number of hydrogen-bond donors (Lipinski definition) is 3. The summed E-state index contributed by atoms with van der Waals surface area (Å²) in [5.41, 5.74) is -0.707. The highest BCUT2D eigenvalue weighted by Gasteiger charge is 2.42. The highest BCUT2D eigenvalue weighted by atomic mass is 16.5. The van der Waals surface area contributed by atoms with Crippen LogP contribution in [0.1, 0.15) is 18.4 Å². The van der Waals surface area contributed by atoms with Crippen molar-refractivity contribution in [2.24, 2.45) is 0 Å². The van der Waals surface area contributed by atoms with Gasteiger partial charge in [-0.05, 0) is 18.9 Å². The monoisotopic (exact) mass is 365 g/mol. The van der Waals surface area contributed by atoms with Crippen molar-refractivity contribution >= 4 is 11.8 Å². The van der Waals surface area contributed by atoms with Gasteiger partial charge in [-0.3, -0.25) is 9.59 Å². The first-order chi connectivity index (χ1) is 12.4. The highest BCUT2D eigenvalue weighted by Crippen LogP contribution is 2.33. The summed E-state index contributed by atoms with van der Waals surface area (Å²) in [6.45, 7) is 0.953. The van der Waals surface area contributed by atoms with Crippen LogP contribution in [0.25, 0.3) is 0 Å². The van der Waals surface area contributed by atoms with Gasteiger partial charge in [-0.25, -0.2) is 0 Å². The van der Waals surface area contributed by atoms with Crippen LogP contribution < -0.4 is 20.1 Å². The minimum atomic E-state index is -1.52. The Morgan fingerprint density at radius 3 is 2.77 bits per heavy atom. The molecule has 0 saturated carbocycles. The maximum Gasteiger partial charge on any atom is 0.256 e. The fraction of sp³-hybridized carbons (Fsp3) is 0.556. The predicted octanol–water partition coefficient (Wildman–Crippen LogP) is -0.107. The van der Waals surface area contributed by atoms with E-state index in [1.165, 1.54) is 7.05 Å². The van der Waals surface area contributed by atoms with Gasteiger partial charge in [0.05, 0.1) is 20.8 Å². The van der Waals surface area contributed by atoms with Crippen LogP contribution >= 0.6 is 0 Å². The zero-order chi connectivity index (χ0) is 19.2. The summed E-state index contributed by atoms with van der Waals surface area (Å²) in [5.74, 6) is 0.625. The molecule has 1 saturated heterocycles. The fourth-order valence-corrected chi connectivity index (χ4v) is 3.14. The molecule has 1 fully saturated rings. The van der Waals surface area contributed by atoms with Crippen LogP contribution in [0.2, 0.25) is 0 Å². The van der Waals surface area contributed by atoms with Crippen molar-refractivity contribution in [3.63, 3.8) is 0 Å². The number of piperidine rings is 1. The van der Waals surface area contributed by atoms with E-state index in [4.69, 9.17) is 9.47 Å². The number of likely N-dealkylation sites (tertiary alicyclic amines) is 1. The normalized spacial score (nSPS) is 20.0. The number of para-hydroxylation sites is 1. The lowest BCUT2D eigenvalue weighted by Gasteiger charge is -2.38. The number of rotatable bonds is 8. The van der Waals surface area contributed by atoms with Gasteiger partial charge >= 0.3 is 0 Å². The summed E-state index contributed by atoms with van der Waals surface area (Å²) in [5, 5.41) is 16.1. The molecule has 0 bridgehead atoms. The Balaban J connectivity index is 2.09. The second-order valence-corrected chi connectivity index (χ2v) is 6.29. The van der Waals surface area contributed by atoms with Crippen LogP contribution in [0.4, 0.5) is 0 Å². The number of nitrogens with zero attached hydrogens (tertiary/aromatic N) is 1. The van der Waals surface area contributed by atoms with Crippen molar-refractivity contribution in [2.45, 2.75) is 25.0 Å². The Kier molecular flexibility index (Phi) is 6.82. The number of amides is 2. The highest BCUT2D eigenvalue weighted by molar-refractivity contribution is 5.86. The van der Waals surface area contributed by atoms with Crippen molar-refractivity contribution < 1.29 is 24.2 Å². The summed E-state index contributed by atoms with van der Waals surface area (Å²) >= 11 is 0. The molecule has 8 heteroatoms. The summed E-state index contributed by atoms with van der Waals surface area (Å²) in [6, 6.07) is 5.49. The number of nitrogens with one attached hydrogen (secondary N) is 2. The van der Waals surface area contributed by atoms with Crippen molar-refractivity contribution in [3.05, 3.63) is 23.8 Å². The average molecular weight is 365 g/mol. The summed E-state index contributed by atoms with van der Waals surface area (Å²) < 4.78 is 10.7. The Hall–Kier alpha value is -2.32. The van der Waals surface area contributed by atoms with Gasteiger partial charge in [-0.1, -0.05) is 12.1 Å². The minimum Gasteiger partial charge on any atom is -0.493 e. The third-order valence-electron chi connectivity index (χ3n) is 4.53. The van der Waals surface area contributed by atoms with Crippen LogP contribution in [-0.4, -0.2) is 68.3 Å². The largest absolute Gasteiger partial charge is 0.493 e. The molecule has 1 aromatic rings. The Labute approximate surface area is 153 Å². The number of carbonyl (C=O) groups excluding carboxylic acids is 2. The topological polar surface area (TPSA) is 100 Å². The molecule has 3 N–H and O–H groups in total. The number of aliphatic hydroxyl groups is 1. The molecule has 144 valence electrons. The molecule has 1 atom stereocenters. The van der Waals surface area contributed by atoms with Crippen LogP contribution in [0.15, 0.2) is 18.2 Å². The number of carbonyl (C=O) groups is 2. The lowest BCUT2D eigenvalue weighted by molar-refractivity contribution is -0.157. The third-order valence-corrected chi connectivity index (χ3v) is 4.53. The molecule has 26 heavy (non-hydrogen) atoms. The van der Waals surface area contributed by atoms with E-state index in [0.717, 1.165) is 5.56 Å². The lowest BCUT2D eigenvalue weighted by Crippen LogP contribution is -2.58. The molecule has 2 rings (SSSR count). The van der Waals surface area contributed by atoms with E-state index in [-0.39, 0.29) is 24.9 Å². The number of benzene rings is 1. The average Bonchev–Trinajstić information content (AvgIpc) is 2.65. The van der Waals surface area contributed by atoms with Gasteiger partial charge in [0.15, 0.2) is 17.1 Å². The van der Waals surface area contributed by atoms with Gasteiger partial charge < -0.3 is 30.1 Å². The Morgan fingerprint density at radius 1 is 1.35 bits per heavy atom. The van der Waals surface area contributed by atoms with Crippen LogP contribution in [0.3, 0.4) is 0 Å². The number of methoxy groups -OCH3 is 2. The minimum absolute atomic E-state index is 0.0327. The number of hydrogen-bond acceptors (Lipinski definition) is 6. The van der Waals surface area contributed by atoms with Crippen molar-refractivity contribution in [2.75, 3.05) is 40.9 Å². The van der Waals surface area contributed by atoms with E-state index >= 15 is 0 Å². The van der Waals surface area contributed by atoms with E-state index in [2.05, 4.69) is 10.6 Å². The Morgan fingerprint density at radius 2 is 2.12 bits per heavy atom. The summed E-state index contributed by atoms with van der Waals surface area (Å²) in [6.07, 6.45) is 1.04. The fourth-order valence-electron chi connectivity index (χ4n) is 3.14. The van der Waals surface area contributed by atoms with Gasteiger partial charge in [-0.15, -0.1) is 0 Å². The molecule has 1 aliphatic heterocycles. The molecular weight excluding hydrogens is 338 g/mol. The second kappa shape index (κ2) is 8.86. The van der Waals surface area contributed by atoms with E-state index in [0.29, 0.717) is 37.4 Å². The molecule has 0 aromatic heterocycles. The summed E-state index contributed by atoms with van der Waals surface area (Å²) in [7, 11) is 4.65. The van der Waals surface area contributed by atoms with Gasteiger partial charge in [0.2, 0.25) is 5.91 Å². The van der Waals surface area contributed by atoms with Gasteiger partial charge in [0.25, 0.3) is 5.91 Å². The first-order valence-electron chi connectivity index (χ1n) is 8.58. The van der Waals surface area contributed by atoms with Gasteiger partial charge in [0, 0.05) is 32.2 Å². The van der Waals surface area contributed by atoms with Crippen LogP contribution in [0.5, 0.6) is 11.5 Å². The van der Waals surface area contributed by atoms with Crippen molar-refractivity contribution in [1.29, 1.82) is 0 Å². The lowest BCUT2D eigenvalue weighted by atomic mass is 9.91. The first kappa shape index (κ1) is 20.0. The zero-order valence-electron chi connectivity index (χ0n) is 15.5. The van der Waals surface area contributed by atoms with E-state index in [9.17, 15) is 14.7 Å². The molecule has 1 aromatic carbocycles. The van der Waals surface area contributed by atoms with Crippen LogP contribution in [-0.2, 0) is 16.1 Å².